The molecule has 4 saturated carbocycles. The summed E-state index contributed by atoms with van der Waals surface area (Å²) in [5.41, 5.74) is 1.30. The average Bonchev–Trinajstić information content (AvgIpc) is 2.35. The van der Waals surface area contributed by atoms with Crippen molar-refractivity contribution in [2.45, 2.75) is 26.7 Å². The number of allylic oxidation sites excluding steroid dienone is 1. The quantitative estimate of drug-likeness (QED) is 0.502. The van der Waals surface area contributed by atoms with E-state index in [2.05, 4.69) is 26.5 Å². The third kappa shape index (κ3) is 0.369. The van der Waals surface area contributed by atoms with Crippen LogP contribution >= 0.6 is 0 Å². The fourth-order valence-electron chi connectivity index (χ4n) is 4.69. The number of hydrogen-bond donors (Lipinski definition) is 0. The largest absolute Gasteiger partial charge is 0.102 e. The van der Waals surface area contributed by atoms with Crippen LogP contribution < -0.4 is 0 Å². The molecule has 4 bridgehead atoms. The number of rotatable bonds is 1. The summed E-state index contributed by atoms with van der Waals surface area (Å²) in [7, 11) is 0. The van der Waals surface area contributed by atoms with Crippen molar-refractivity contribution in [1.82, 2.24) is 0 Å². The highest BCUT2D eigenvalue weighted by Crippen LogP contribution is 2.88. The van der Waals surface area contributed by atoms with Gasteiger partial charge in [0, 0.05) is 0 Å². The van der Waals surface area contributed by atoms with Crippen molar-refractivity contribution in [3.63, 3.8) is 0 Å². The van der Waals surface area contributed by atoms with E-state index in [0.29, 0.717) is 10.8 Å². The Bertz CT molecular complexity index is 242. The Hall–Kier alpha value is -0.260. The van der Waals surface area contributed by atoms with Crippen LogP contribution in [0.15, 0.2) is 12.7 Å². The molecule has 0 aromatic rings. The van der Waals surface area contributed by atoms with Gasteiger partial charge in [0.2, 0.25) is 0 Å². The fourth-order valence-corrected chi connectivity index (χ4v) is 4.69. The first-order valence-corrected chi connectivity index (χ1v) is 4.79. The Morgan fingerprint density at radius 3 is 2.36 bits per heavy atom. The van der Waals surface area contributed by atoms with E-state index in [4.69, 9.17) is 0 Å². The monoisotopic (exact) mass is 148 g/mol. The van der Waals surface area contributed by atoms with E-state index in [1.165, 1.54) is 12.8 Å². The van der Waals surface area contributed by atoms with Crippen LogP contribution in [0.3, 0.4) is 0 Å². The van der Waals surface area contributed by atoms with Crippen LogP contribution in [0.4, 0.5) is 0 Å². The van der Waals surface area contributed by atoms with Gasteiger partial charge in [0.05, 0.1) is 0 Å². The standard InChI is InChI=1S/C11H16/c1-4-11-6-8-5-10(11,3)9(11)7(8)2/h4,7-9H,1,5-6H2,2-3H3. The molecule has 4 fully saturated rings. The van der Waals surface area contributed by atoms with Gasteiger partial charge < -0.3 is 0 Å². The minimum absolute atomic E-state index is 0.608. The molecule has 11 heavy (non-hydrogen) atoms. The van der Waals surface area contributed by atoms with Crippen molar-refractivity contribution in [3.8, 4) is 0 Å². The predicted octanol–water partition coefficient (Wildman–Crippen LogP) is 2.85. The topological polar surface area (TPSA) is 0 Å². The highest BCUT2D eigenvalue weighted by atomic mass is 14.9. The zero-order chi connectivity index (χ0) is 7.85. The molecule has 4 rings (SSSR count). The van der Waals surface area contributed by atoms with Gasteiger partial charge in [-0.3, -0.25) is 0 Å². The third-order valence-electron chi connectivity index (χ3n) is 5.14. The SMILES string of the molecule is C=CC12CC3CC1(C)C2C3C. The molecular formula is C11H16. The zero-order valence-electron chi connectivity index (χ0n) is 7.43. The molecule has 4 aliphatic carbocycles. The van der Waals surface area contributed by atoms with Gasteiger partial charge in [-0.2, -0.15) is 0 Å². The van der Waals surface area contributed by atoms with E-state index in [9.17, 15) is 0 Å². The van der Waals surface area contributed by atoms with Crippen LogP contribution in [0.25, 0.3) is 0 Å². The van der Waals surface area contributed by atoms with E-state index >= 15 is 0 Å². The predicted molar refractivity (Wildman–Crippen MR) is 46.1 cm³/mol. The summed E-state index contributed by atoms with van der Waals surface area (Å²) >= 11 is 0. The Labute approximate surface area is 68.7 Å². The summed E-state index contributed by atoms with van der Waals surface area (Å²) in [5.74, 6) is 3.05. The maximum Gasteiger partial charge on any atom is -0.00249 e. The van der Waals surface area contributed by atoms with Crippen LogP contribution in [0.1, 0.15) is 26.7 Å². The molecule has 60 valence electrons. The molecule has 0 aromatic heterocycles. The van der Waals surface area contributed by atoms with Gasteiger partial charge in [-0.1, -0.05) is 19.9 Å². The van der Waals surface area contributed by atoms with Crippen LogP contribution in [0.5, 0.6) is 0 Å². The summed E-state index contributed by atoms with van der Waals surface area (Å²) < 4.78 is 0. The summed E-state index contributed by atoms with van der Waals surface area (Å²) in [5, 5.41) is 0. The molecule has 0 amide bonds. The molecule has 0 spiro atoms. The molecule has 0 N–H and O–H groups in total. The molecular weight excluding hydrogens is 132 g/mol. The lowest BCUT2D eigenvalue weighted by molar-refractivity contribution is 0.451. The Balaban J connectivity index is 2.13. The van der Waals surface area contributed by atoms with Crippen LogP contribution in [0.2, 0.25) is 0 Å². The summed E-state index contributed by atoms with van der Waals surface area (Å²) in [4.78, 5) is 0. The van der Waals surface area contributed by atoms with Gasteiger partial charge in [-0.05, 0) is 41.4 Å². The Morgan fingerprint density at radius 1 is 1.45 bits per heavy atom. The molecule has 0 aromatic carbocycles. The van der Waals surface area contributed by atoms with Gasteiger partial charge in [0.1, 0.15) is 0 Å². The first-order valence-electron chi connectivity index (χ1n) is 4.79. The first kappa shape index (κ1) is 6.28. The van der Waals surface area contributed by atoms with Gasteiger partial charge in [-0.15, -0.1) is 6.58 Å². The van der Waals surface area contributed by atoms with Crippen molar-refractivity contribution >= 4 is 0 Å². The Kier molecular flexibility index (Phi) is 0.753. The lowest BCUT2D eigenvalue weighted by Gasteiger charge is -2.05. The van der Waals surface area contributed by atoms with Crippen molar-refractivity contribution < 1.29 is 0 Å². The van der Waals surface area contributed by atoms with Gasteiger partial charge in [0.15, 0.2) is 0 Å². The summed E-state index contributed by atoms with van der Waals surface area (Å²) in [6.45, 7) is 8.93. The van der Waals surface area contributed by atoms with E-state index in [1.807, 2.05) is 0 Å². The van der Waals surface area contributed by atoms with Crippen LogP contribution in [0, 0.1) is 28.6 Å². The second kappa shape index (κ2) is 1.32. The molecule has 0 radical (unpaired) electrons. The zero-order valence-corrected chi connectivity index (χ0v) is 7.43. The van der Waals surface area contributed by atoms with Crippen molar-refractivity contribution in [3.05, 3.63) is 12.7 Å². The van der Waals surface area contributed by atoms with E-state index in [-0.39, 0.29) is 0 Å². The van der Waals surface area contributed by atoms with Gasteiger partial charge >= 0.3 is 0 Å². The first-order chi connectivity index (χ1) is 5.16. The van der Waals surface area contributed by atoms with E-state index in [1.54, 1.807) is 0 Å². The van der Waals surface area contributed by atoms with E-state index < -0.39 is 0 Å². The maximum atomic E-state index is 4.01. The van der Waals surface area contributed by atoms with Crippen molar-refractivity contribution in [2.75, 3.05) is 0 Å². The third-order valence-corrected chi connectivity index (χ3v) is 5.14. The van der Waals surface area contributed by atoms with Gasteiger partial charge in [-0.25, -0.2) is 0 Å². The fraction of sp³-hybridized carbons (Fsp3) is 0.818. The molecule has 0 heteroatoms. The summed E-state index contributed by atoms with van der Waals surface area (Å²) in [6, 6.07) is 0. The maximum absolute atomic E-state index is 4.01. The lowest BCUT2D eigenvalue weighted by atomic mass is 9.99. The van der Waals surface area contributed by atoms with Crippen molar-refractivity contribution in [2.24, 2.45) is 28.6 Å². The molecule has 0 nitrogen and oxygen atoms in total. The minimum atomic E-state index is 0.608. The molecule has 0 aliphatic heterocycles. The second-order valence-electron chi connectivity index (χ2n) is 5.17. The van der Waals surface area contributed by atoms with E-state index in [0.717, 1.165) is 17.8 Å². The number of hydrogen-bond acceptors (Lipinski definition) is 0. The smallest absolute Gasteiger partial charge is 0.00249 e. The minimum Gasteiger partial charge on any atom is -0.102 e. The molecule has 4 aliphatic rings. The highest BCUT2D eigenvalue weighted by molar-refractivity contribution is 5.36. The summed E-state index contributed by atoms with van der Waals surface area (Å²) in [6.07, 6.45) is 5.21. The van der Waals surface area contributed by atoms with Crippen LogP contribution in [-0.2, 0) is 0 Å². The lowest BCUT2D eigenvalue weighted by Crippen LogP contribution is -1.97. The highest BCUT2D eigenvalue weighted by Gasteiger charge is 2.83. The molecule has 0 heterocycles. The molecule has 5 unspecified atom stereocenters. The Morgan fingerprint density at radius 2 is 2.18 bits per heavy atom. The second-order valence-corrected chi connectivity index (χ2v) is 5.17. The molecule has 5 atom stereocenters. The molecule has 0 saturated heterocycles. The van der Waals surface area contributed by atoms with Gasteiger partial charge in [0.25, 0.3) is 0 Å². The normalized spacial score (nSPS) is 70.2. The van der Waals surface area contributed by atoms with Crippen LogP contribution in [-0.4, -0.2) is 0 Å². The average molecular weight is 148 g/mol. The van der Waals surface area contributed by atoms with Crippen molar-refractivity contribution in [1.29, 1.82) is 0 Å².